The van der Waals surface area contributed by atoms with Crippen LogP contribution in [0.2, 0.25) is 0 Å². The maximum absolute atomic E-state index is 11.5. The number of esters is 1. The van der Waals surface area contributed by atoms with Crippen LogP contribution in [0.3, 0.4) is 0 Å². The van der Waals surface area contributed by atoms with Crippen LogP contribution in [0.25, 0.3) is 0 Å². The van der Waals surface area contributed by atoms with Crippen LogP contribution in [0.15, 0.2) is 12.0 Å². The second-order valence-corrected chi connectivity index (χ2v) is 3.75. The van der Waals surface area contributed by atoms with Crippen LogP contribution in [0, 0.1) is 16.0 Å². The first kappa shape index (κ1) is 11.6. The highest BCUT2D eigenvalue weighted by Crippen LogP contribution is 2.21. The van der Waals surface area contributed by atoms with Gasteiger partial charge in [-0.3, -0.25) is 4.79 Å². The zero-order valence-corrected chi connectivity index (χ0v) is 9.29. The summed E-state index contributed by atoms with van der Waals surface area (Å²) in [6.45, 7) is 2.60. The van der Waals surface area contributed by atoms with Gasteiger partial charge in [0, 0.05) is 6.54 Å². The quantitative estimate of drug-likeness (QED) is 0.404. The van der Waals surface area contributed by atoms with Crippen LogP contribution >= 0.6 is 0 Å². The third kappa shape index (κ3) is 2.31. The lowest BCUT2D eigenvalue weighted by Gasteiger charge is -2.31. The first-order valence-corrected chi connectivity index (χ1v) is 5.28. The lowest BCUT2D eigenvalue weighted by atomic mass is 10.1. The Hall–Kier alpha value is -1.83. The molecule has 17 heavy (non-hydrogen) atoms. The van der Waals surface area contributed by atoms with E-state index in [4.69, 9.17) is 9.47 Å². The lowest BCUT2D eigenvalue weighted by molar-refractivity contribution is -0.432. The molecule has 0 saturated carbocycles. The molecule has 2 aliphatic rings. The fourth-order valence-electron chi connectivity index (χ4n) is 1.77. The molecule has 0 amide bonds. The molecular formula is C9H13N3O5. The van der Waals surface area contributed by atoms with Gasteiger partial charge in [-0.15, -0.1) is 0 Å². The van der Waals surface area contributed by atoms with Gasteiger partial charge in [0.15, 0.2) is 0 Å². The van der Waals surface area contributed by atoms with Gasteiger partial charge in [-0.1, -0.05) is 0 Å². The minimum absolute atomic E-state index is 0.125. The van der Waals surface area contributed by atoms with Gasteiger partial charge in [0.2, 0.25) is 0 Å². The molecule has 8 nitrogen and oxygen atoms in total. The van der Waals surface area contributed by atoms with Crippen LogP contribution < -0.4 is 5.32 Å². The van der Waals surface area contributed by atoms with E-state index in [9.17, 15) is 14.9 Å². The zero-order chi connectivity index (χ0) is 12.4. The monoisotopic (exact) mass is 243 g/mol. The van der Waals surface area contributed by atoms with Crippen molar-refractivity contribution in [3.63, 3.8) is 0 Å². The van der Waals surface area contributed by atoms with Crippen LogP contribution in [-0.2, 0) is 14.3 Å². The lowest BCUT2D eigenvalue weighted by Crippen LogP contribution is -2.49. The van der Waals surface area contributed by atoms with Crippen molar-refractivity contribution in [2.45, 2.75) is 13.3 Å². The summed E-state index contributed by atoms with van der Waals surface area (Å²) in [5.41, 5.74) is 0. The van der Waals surface area contributed by atoms with Crippen molar-refractivity contribution in [1.29, 1.82) is 0 Å². The Morgan fingerprint density at radius 1 is 1.82 bits per heavy atom. The molecule has 1 saturated heterocycles. The normalized spacial score (nSPS) is 26.9. The van der Waals surface area contributed by atoms with Crippen molar-refractivity contribution in [3.05, 3.63) is 22.1 Å². The van der Waals surface area contributed by atoms with Crippen LogP contribution in [-0.4, -0.2) is 41.9 Å². The largest absolute Gasteiger partial charge is 0.466 e. The Kier molecular flexibility index (Phi) is 3.14. The molecule has 1 N–H and O–H groups in total. The van der Waals surface area contributed by atoms with Gasteiger partial charge >= 0.3 is 11.8 Å². The summed E-state index contributed by atoms with van der Waals surface area (Å²) in [5, 5.41) is 13.2. The second kappa shape index (κ2) is 4.58. The molecule has 2 rings (SSSR count). The van der Waals surface area contributed by atoms with Crippen molar-refractivity contribution >= 4 is 5.97 Å². The maximum atomic E-state index is 11.5. The van der Waals surface area contributed by atoms with Gasteiger partial charge in [0.1, 0.15) is 0 Å². The molecule has 2 aliphatic heterocycles. The highest BCUT2D eigenvalue weighted by atomic mass is 16.6. The summed E-state index contributed by atoms with van der Waals surface area (Å²) in [6.07, 6.45) is 0.789. The SMILES string of the molecule is CCOC(=O)C1COC2NC([N+](=O)[O-])=CN2C1. The predicted octanol–water partition coefficient (Wildman–Crippen LogP) is -0.540. The highest BCUT2D eigenvalue weighted by molar-refractivity contribution is 5.73. The number of nitrogens with zero attached hydrogens (tertiary/aromatic N) is 2. The van der Waals surface area contributed by atoms with Gasteiger partial charge in [-0.2, -0.15) is 0 Å². The minimum atomic E-state index is -0.555. The second-order valence-electron chi connectivity index (χ2n) is 3.75. The van der Waals surface area contributed by atoms with Crippen molar-refractivity contribution in [1.82, 2.24) is 10.2 Å². The number of carbonyl (C=O) groups is 1. The van der Waals surface area contributed by atoms with Crippen LogP contribution in [0.1, 0.15) is 6.92 Å². The van der Waals surface area contributed by atoms with E-state index >= 15 is 0 Å². The molecule has 1 fully saturated rings. The van der Waals surface area contributed by atoms with E-state index in [0.717, 1.165) is 0 Å². The van der Waals surface area contributed by atoms with Gasteiger partial charge in [0.25, 0.3) is 6.35 Å². The molecule has 0 bridgehead atoms. The number of hydrogen-bond acceptors (Lipinski definition) is 7. The maximum Gasteiger partial charge on any atom is 0.335 e. The first-order chi connectivity index (χ1) is 8.11. The predicted molar refractivity (Wildman–Crippen MR) is 54.8 cm³/mol. The van der Waals surface area contributed by atoms with Gasteiger partial charge in [-0.05, 0) is 11.8 Å². The molecule has 0 aromatic carbocycles. The van der Waals surface area contributed by atoms with Gasteiger partial charge in [0.05, 0.1) is 25.3 Å². The molecule has 0 aliphatic carbocycles. The molecule has 0 radical (unpaired) electrons. The molecule has 94 valence electrons. The summed E-state index contributed by atoms with van der Waals surface area (Å²) >= 11 is 0. The number of rotatable bonds is 3. The van der Waals surface area contributed by atoms with Crippen molar-refractivity contribution in [3.8, 4) is 0 Å². The molecule has 0 spiro atoms. The van der Waals surface area contributed by atoms with Crippen molar-refractivity contribution in [2.75, 3.05) is 19.8 Å². The molecule has 2 heterocycles. The number of fused-ring (bicyclic) bond motifs is 1. The zero-order valence-electron chi connectivity index (χ0n) is 9.29. The Morgan fingerprint density at radius 2 is 2.59 bits per heavy atom. The van der Waals surface area contributed by atoms with Crippen molar-refractivity contribution < 1.29 is 19.2 Å². The number of hydrogen-bond donors (Lipinski definition) is 1. The summed E-state index contributed by atoms with van der Waals surface area (Å²) < 4.78 is 10.2. The molecule has 0 aromatic rings. The number of ether oxygens (including phenoxy) is 2. The number of nitro groups is 1. The fraction of sp³-hybridized carbons (Fsp3) is 0.667. The Bertz CT molecular complexity index is 370. The molecule has 2 atom stereocenters. The van der Waals surface area contributed by atoms with Crippen LogP contribution in [0.4, 0.5) is 0 Å². The third-order valence-corrected chi connectivity index (χ3v) is 2.56. The minimum Gasteiger partial charge on any atom is -0.466 e. The van der Waals surface area contributed by atoms with Gasteiger partial charge in [-0.25, -0.2) is 5.32 Å². The smallest absolute Gasteiger partial charge is 0.335 e. The van der Waals surface area contributed by atoms with Crippen molar-refractivity contribution in [2.24, 2.45) is 5.92 Å². The number of carbonyl (C=O) groups excluding carboxylic acids is 1. The first-order valence-electron chi connectivity index (χ1n) is 5.28. The Balaban J connectivity index is 1.99. The average Bonchev–Trinajstić information content (AvgIpc) is 2.71. The third-order valence-electron chi connectivity index (χ3n) is 2.56. The van der Waals surface area contributed by atoms with E-state index in [1.165, 1.54) is 6.20 Å². The Labute approximate surface area is 97.3 Å². The van der Waals surface area contributed by atoms with Gasteiger partial charge < -0.3 is 24.5 Å². The van der Waals surface area contributed by atoms with E-state index in [0.29, 0.717) is 13.2 Å². The standard InChI is InChI=1S/C9H13N3O5/c1-2-16-8(13)6-3-11-4-7(12(14)15)10-9(11)17-5-6/h4,6,9-10H,2-3,5H2,1H3. The summed E-state index contributed by atoms with van der Waals surface area (Å²) in [5.74, 6) is -0.872. The van der Waals surface area contributed by atoms with E-state index < -0.39 is 17.2 Å². The summed E-state index contributed by atoms with van der Waals surface area (Å²) in [7, 11) is 0. The van der Waals surface area contributed by atoms with E-state index in [1.807, 2.05) is 0 Å². The van der Waals surface area contributed by atoms with E-state index in [2.05, 4.69) is 5.32 Å². The fourth-order valence-corrected chi connectivity index (χ4v) is 1.77. The average molecular weight is 243 g/mol. The van der Waals surface area contributed by atoms with E-state index in [1.54, 1.807) is 11.8 Å². The molecule has 0 aromatic heterocycles. The van der Waals surface area contributed by atoms with E-state index in [-0.39, 0.29) is 18.4 Å². The molecule has 2 unspecified atom stereocenters. The topological polar surface area (TPSA) is 93.9 Å². The highest BCUT2D eigenvalue weighted by Gasteiger charge is 2.40. The van der Waals surface area contributed by atoms with Crippen LogP contribution in [0.5, 0.6) is 0 Å². The molecule has 8 heteroatoms. The molecular weight excluding hydrogens is 230 g/mol. The number of nitrogens with one attached hydrogen (secondary N) is 1. The summed E-state index contributed by atoms with van der Waals surface area (Å²) in [6, 6.07) is 0. The summed E-state index contributed by atoms with van der Waals surface area (Å²) in [4.78, 5) is 23.1. The Morgan fingerprint density at radius 3 is 3.24 bits per heavy atom.